The van der Waals surface area contributed by atoms with Gasteiger partial charge in [-0.3, -0.25) is 4.90 Å². The molecule has 0 spiro atoms. The van der Waals surface area contributed by atoms with E-state index in [0.717, 1.165) is 49.9 Å². The second-order valence-electron chi connectivity index (χ2n) is 10.4. The van der Waals surface area contributed by atoms with E-state index in [0.29, 0.717) is 0 Å². The van der Waals surface area contributed by atoms with Gasteiger partial charge in [-0.1, -0.05) is 42.8 Å². The van der Waals surface area contributed by atoms with Gasteiger partial charge < -0.3 is 9.64 Å². The maximum Gasteiger partial charge on any atom is 0.123 e. The summed E-state index contributed by atoms with van der Waals surface area (Å²) in [6, 6.07) is 22.6. The minimum absolute atomic E-state index is 0.191. The third-order valence-corrected chi connectivity index (χ3v) is 7.72. The van der Waals surface area contributed by atoms with Crippen molar-refractivity contribution < 1.29 is 9.13 Å². The number of ether oxygens (including phenoxy) is 1. The summed E-state index contributed by atoms with van der Waals surface area (Å²) in [6.07, 6.45) is 4.51. The zero-order valence-electron chi connectivity index (χ0n) is 21.1. The number of piperidine rings is 1. The molecule has 2 heterocycles. The summed E-state index contributed by atoms with van der Waals surface area (Å²) >= 11 is 0. The minimum atomic E-state index is -0.191. The Balaban J connectivity index is 1.27. The van der Waals surface area contributed by atoms with Gasteiger partial charge in [0.05, 0.1) is 6.04 Å². The number of nitrogens with zero attached hydrogens (tertiary/aromatic N) is 2. The van der Waals surface area contributed by atoms with Crippen LogP contribution in [0.5, 0.6) is 5.75 Å². The molecule has 35 heavy (non-hydrogen) atoms. The predicted molar refractivity (Wildman–Crippen MR) is 142 cm³/mol. The van der Waals surface area contributed by atoms with Gasteiger partial charge in [0.15, 0.2) is 0 Å². The lowest BCUT2D eigenvalue weighted by Gasteiger charge is -2.39. The molecule has 0 aliphatic carbocycles. The van der Waals surface area contributed by atoms with Crippen LogP contribution in [-0.4, -0.2) is 37.7 Å². The van der Waals surface area contributed by atoms with Crippen LogP contribution in [0.15, 0.2) is 66.7 Å². The van der Waals surface area contributed by atoms with Crippen LogP contribution in [0.2, 0.25) is 0 Å². The first-order valence-corrected chi connectivity index (χ1v) is 13.1. The van der Waals surface area contributed by atoms with E-state index in [1.54, 1.807) is 12.1 Å². The normalized spacial score (nSPS) is 18.9. The van der Waals surface area contributed by atoms with E-state index in [1.165, 1.54) is 48.2 Å². The molecule has 2 aliphatic rings. The second kappa shape index (κ2) is 10.8. The van der Waals surface area contributed by atoms with Crippen LogP contribution in [0.25, 0.3) is 0 Å². The lowest BCUT2D eigenvalue weighted by atomic mass is 9.87. The lowest BCUT2D eigenvalue weighted by Crippen LogP contribution is -2.36. The van der Waals surface area contributed by atoms with Crippen molar-refractivity contribution in [3.05, 3.63) is 94.8 Å². The van der Waals surface area contributed by atoms with Crippen LogP contribution in [0.3, 0.4) is 0 Å². The monoisotopic (exact) mass is 472 g/mol. The highest BCUT2D eigenvalue weighted by Gasteiger charge is 2.28. The quantitative estimate of drug-likeness (QED) is 0.386. The molecule has 3 aromatic carbocycles. The highest BCUT2D eigenvalue weighted by atomic mass is 19.1. The molecule has 3 aromatic rings. The highest BCUT2D eigenvalue weighted by molar-refractivity contribution is 5.53. The molecular weight excluding hydrogens is 435 g/mol. The number of hydrogen-bond acceptors (Lipinski definition) is 3. The number of benzene rings is 3. The summed E-state index contributed by atoms with van der Waals surface area (Å²) in [5, 5.41) is 0. The van der Waals surface area contributed by atoms with Gasteiger partial charge in [-0.2, -0.15) is 0 Å². The molecule has 1 fully saturated rings. The third-order valence-electron chi connectivity index (χ3n) is 7.72. The van der Waals surface area contributed by atoms with Gasteiger partial charge >= 0.3 is 0 Å². The smallest absolute Gasteiger partial charge is 0.123 e. The van der Waals surface area contributed by atoms with E-state index in [9.17, 15) is 4.39 Å². The number of halogens is 1. The van der Waals surface area contributed by atoms with Crippen LogP contribution < -0.4 is 9.64 Å². The van der Waals surface area contributed by atoms with Crippen molar-refractivity contribution in [1.82, 2.24) is 4.90 Å². The van der Waals surface area contributed by atoms with Crippen molar-refractivity contribution in [2.24, 2.45) is 5.92 Å². The van der Waals surface area contributed by atoms with Crippen LogP contribution in [0.4, 0.5) is 10.1 Å². The number of anilines is 1. The average molecular weight is 473 g/mol. The predicted octanol–water partition coefficient (Wildman–Crippen LogP) is 6.59. The summed E-state index contributed by atoms with van der Waals surface area (Å²) in [5.74, 6) is 1.61. The summed E-state index contributed by atoms with van der Waals surface area (Å²) in [6.45, 7) is 9.56. The number of likely N-dealkylation sites (tertiary alicyclic amines) is 1. The van der Waals surface area contributed by atoms with Gasteiger partial charge in [-0.05, 0) is 105 Å². The Morgan fingerprint density at radius 3 is 2.40 bits per heavy atom. The zero-order valence-corrected chi connectivity index (χ0v) is 21.1. The zero-order chi connectivity index (χ0) is 24.2. The van der Waals surface area contributed by atoms with E-state index < -0.39 is 0 Å². The summed E-state index contributed by atoms with van der Waals surface area (Å²) < 4.78 is 19.7. The van der Waals surface area contributed by atoms with Gasteiger partial charge in [-0.15, -0.1) is 0 Å². The standard InChI is InChI=1S/C31H37FN2O/c1-23-13-16-33(17-14-23)19-20-35-29-10-4-25(5-11-29)22-31-30-12-3-24(2)21-26(30)15-18-34(31)28-8-6-27(32)7-9-28/h3-12,21,23,31H,13-20,22H2,1-2H3. The summed E-state index contributed by atoms with van der Waals surface area (Å²) in [4.78, 5) is 4.95. The van der Waals surface area contributed by atoms with Crippen molar-refractivity contribution in [2.75, 3.05) is 37.7 Å². The molecule has 1 saturated heterocycles. The molecule has 184 valence electrons. The van der Waals surface area contributed by atoms with Gasteiger partial charge in [0.25, 0.3) is 0 Å². The van der Waals surface area contributed by atoms with Crippen molar-refractivity contribution >= 4 is 5.69 Å². The molecular formula is C31H37FN2O. The van der Waals surface area contributed by atoms with Crippen molar-refractivity contribution in [3.63, 3.8) is 0 Å². The molecule has 0 saturated carbocycles. The van der Waals surface area contributed by atoms with Crippen LogP contribution >= 0.6 is 0 Å². The Hall–Kier alpha value is -2.85. The summed E-state index contributed by atoms with van der Waals surface area (Å²) in [5.41, 5.74) is 6.48. The Labute approximate surface area is 209 Å². The van der Waals surface area contributed by atoms with Crippen LogP contribution in [0, 0.1) is 18.7 Å². The first kappa shape index (κ1) is 23.9. The molecule has 1 unspecified atom stereocenters. The lowest BCUT2D eigenvalue weighted by molar-refractivity contribution is 0.160. The molecule has 0 aromatic heterocycles. The average Bonchev–Trinajstić information content (AvgIpc) is 2.87. The Bertz CT molecular complexity index is 1100. The molecule has 0 amide bonds. The van der Waals surface area contributed by atoms with Crippen molar-refractivity contribution in [1.29, 1.82) is 0 Å². The Morgan fingerprint density at radius 2 is 1.66 bits per heavy atom. The molecule has 0 N–H and O–H groups in total. The van der Waals surface area contributed by atoms with Crippen LogP contribution in [0.1, 0.15) is 48.1 Å². The topological polar surface area (TPSA) is 15.7 Å². The molecule has 5 rings (SSSR count). The minimum Gasteiger partial charge on any atom is -0.492 e. The van der Waals surface area contributed by atoms with Gasteiger partial charge in [0.1, 0.15) is 18.2 Å². The number of hydrogen-bond donors (Lipinski definition) is 0. The highest BCUT2D eigenvalue weighted by Crippen LogP contribution is 2.36. The Morgan fingerprint density at radius 1 is 0.914 bits per heavy atom. The summed E-state index contributed by atoms with van der Waals surface area (Å²) in [7, 11) is 0. The maximum absolute atomic E-state index is 13.6. The van der Waals surface area contributed by atoms with Gasteiger partial charge in [0.2, 0.25) is 0 Å². The van der Waals surface area contributed by atoms with E-state index in [1.807, 2.05) is 12.1 Å². The fourth-order valence-corrected chi connectivity index (χ4v) is 5.53. The van der Waals surface area contributed by atoms with Crippen LogP contribution in [-0.2, 0) is 12.8 Å². The van der Waals surface area contributed by atoms with E-state index in [2.05, 4.69) is 66.1 Å². The molecule has 0 radical (unpaired) electrons. The SMILES string of the molecule is Cc1ccc2c(c1)CCN(c1ccc(F)cc1)C2Cc1ccc(OCCN2CCC(C)CC2)cc1. The largest absolute Gasteiger partial charge is 0.492 e. The van der Waals surface area contributed by atoms with Gasteiger partial charge in [-0.25, -0.2) is 4.39 Å². The fraction of sp³-hybridized carbons (Fsp3) is 0.419. The molecule has 0 bridgehead atoms. The Kier molecular flexibility index (Phi) is 7.38. The number of aryl methyl sites for hydroxylation is 1. The third kappa shape index (κ3) is 5.87. The fourth-order valence-electron chi connectivity index (χ4n) is 5.53. The first-order chi connectivity index (χ1) is 17.0. The van der Waals surface area contributed by atoms with E-state index in [-0.39, 0.29) is 11.9 Å². The second-order valence-corrected chi connectivity index (χ2v) is 10.4. The molecule has 3 nitrogen and oxygen atoms in total. The van der Waals surface area contributed by atoms with E-state index in [4.69, 9.17) is 4.74 Å². The van der Waals surface area contributed by atoms with E-state index >= 15 is 0 Å². The number of fused-ring (bicyclic) bond motifs is 1. The van der Waals surface area contributed by atoms with Crippen molar-refractivity contribution in [3.8, 4) is 5.75 Å². The van der Waals surface area contributed by atoms with Crippen molar-refractivity contribution in [2.45, 2.75) is 45.6 Å². The maximum atomic E-state index is 13.6. The molecule has 2 aliphatic heterocycles. The first-order valence-electron chi connectivity index (χ1n) is 13.1. The molecule has 1 atom stereocenters. The number of rotatable bonds is 7. The molecule has 4 heteroatoms. The van der Waals surface area contributed by atoms with Gasteiger partial charge in [0, 0.05) is 18.8 Å².